The molecule has 9 nitrogen and oxygen atoms in total. The molecule has 2 aliphatic heterocycles. The minimum absolute atomic E-state index is 0.0304. The normalized spacial score (nSPS) is 22.1. The molecule has 2 aliphatic rings. The number of rotatable bonds is 4. The maximum absolute atomic E-state index is 13.2. The number of aliphatic carboxylic acids is 1. The summed E-state index contributed by atoms with van der Waals surface area (Å²) in [7, 11) is 0. The lowest BCUT2D eigenvalue weighted by Gasteiger charge is -2.44. The van der Waals surface area contributed by atoms with Crippen LogP contribution in [0.1, 0.15) is 30.1 Å². The zero-order chi connectivity index (χ0) is 19.8. The van der Waals surface area contributed by atoms with E-state index in [1.807, 2.05) is 6.92 Å². The Balaban J connectivity index is 1.99. The molecule has 1 N–H and O–H groups in total. The van der Waals surface area contributed by atoms with Crippen molar-refractivity contribution in [1.29, 1.82) is 0 Å². The van der Waals surface area contributed by atoms with Crippen LogP contribution in [0.25, 0.3) is 0 Å². The van der Waals surface area contributed by atoms with Gasteiger partial charge in [-0.15, -0.1) is 0 Å². The minimum atomic E-state index is -1.18. The number of carbonyl (C=O) groups excluding carboxylic acids is 1. The number of non-ortho nitro benzene ring substituents is 1. The van der Waals surface area contributed by atoms with E-state index in [9.17, 15) is 24.8 Å². The van der Waals surface area contributed by atoms with Gasteiger partial charge in [0.25, 0.3) is 11.6 Å². The maximum Gasteiger partial charge on any atom is 0.328 e. The van der Waals surface area contributed by atoms with Gasteiger partial charge in [-0.3, -0.25) is 19.8 Å². The lowest BCUT2D eigenvalue weighted by Crippen LogP contribution is -2.58. The third kappa shape index (κ3) is 3.50. The zero-order valence-corrected chi connectivity index (χ0v) is 15.5. The predicted octanol–water partition coefficient (Wildman–Crippen LogP) is 1.99. The van der Waals surface area contributed by atoms with Crippen LogP contribution < -0.4 is 0 Å². The number of nitro benzene ring substituents is 1. The van der Waals surface area contributed by atoms with Crippen LogP contribution in [0.5, 0.6) is 0 Å². The molecule has 2 heterocycles. The summed E-state index contributed by atoms with van der Waals surface area (Å²) in [6.45, 7) is 4.08. The Hall–Kier alpha value is -2.23. The van der Waals surface area contributed by atoms with Crippen LogP contribution in [-0.2, 0) is 9.53 Å². The van der Waals surface area contributed by atoms with Gasteiger partial charge in [0.15, 0.2) is 6.04 Å². The second-order valence-electron chi connectivity index (χ2n) is 6.64. The number of piperidine rings is 1. The number of carboxylic acids is 1. The Morgan fingerprint density at radius 1 is 1.41 bits per heavy atom. The van der Waals surface area contributed by atoms with Crippen molar-refractivity contribution in [3.05, 3.63) is 38.9 Å². The van der Waals surface area contributed by atoms with Crippen LogP contribution in [0.2, 0.25) is 5.02 Å². The molecule has 0 saturated carbocycles. The van der Waals surface area contributed by atoms with Gasteiger partial charge in [-0.05, 0) is 12.6 Å². The van der Waals surface area contributed by atoms with Gasteiger partial charge >= 0.3 is 5.97 Å². The number of hydrogen-bond acceptors (Lipinski definition) is 6. The highest BCUT2D eigenvalue weighted by Crippen LogP contribution is 2.39. The quantitative estimate of drug-likeness (QED) is 0.610. The molecular formula is C17H20ClN3O6. The van der Waals surface area contributed by atoms with Crippen molar-refractivity contribution in [2.75, 3.05) is 26.2 Å². The number of carboxylic acid groups (broad SMARTS) is 1. The number of nitrogens with zero attached hydrogens (tertiary/aromatic N) is 3. The van der Waals surface area contributed by atoms with Crippen LogP contribution in [0.4, 0.5) is 5.69 Å². The molecule has 1 aromatic carbocycles. The molecule has 0 bridgehead atoms. The van der Waals surface area contributed by atoms with E-state index >= 15 is 0 Å². The molecule has 1 atom stereocenters. The molecule has 2 saturated heterocycles. The molecule has 2 fully saturated rings. The molecule has 1 amide bonds. The molecule has 0 radical (unpaired) electrons. The van der Waals surface area contributed by atoms with Gasteiger partial charge in [0.05, 0.1) is 22.1 Å². The first-order valence-corrected chi connectivity index (χ1v) is 9.03. The van der Waals surface area contributed by atoms with Crippen molar-refractivity contribution < 1.29 is 24.4 Å². The fourth-order valence-corrected chi connectivity index (χ4v) is 3.89. The number of ether oxygens (including phenoxy) is 1. The third-order valence-corrected chi connectivity index (χ3v) is 5.57. The van der Waals surface area contributed by atoms with E-state index in [1.165, 1.54) is 17.0 Å². The molecular weight excluding hydrogens is 378 g/mol. The Morgan fingerprint density at radius 2 is 2.07 bits per heavy atom. The summed E-state index contributed by atoms with van der Waals surface area (Å²) >= 11 is 6.11. The van der Waals surface area contributed by atoms with E-state index in [2.05, 4.69) is 4.90 Å². The Labute approximate surface area is 160 Å². The molecule has 1 unspecified atom stereocenters. The van der Waals surface area contributed by atoms with Crippen LogP contribution >= 0.6 is 11.6 Å². The SMILES string of the molecule is CCN1CCC2(CC1)OCC(C(=O)O)N2C(=O)c1cc([N+](=O)[O-])ccc1Cl. The summed E-state index contributed by atoms with van der Waals surface area (Å²) in [6, 6.07) is 2.38. The average molecular weight is 398 g/mol. The molecule has 146 valence electrons. The third-order valence-electron chi connectivity index (χ3n) is 5.24. The number of likely N-dealkylation sites (tertiary alicyclic amines) is 1. The highest BCUT2D eigenvalue weighted by atomic mass is 35.5. The molecule has 0 aliphatic carbocycles. The Bertz CT molecular complexity index is 778. The van der Waals surface area contributed by atoms with E-state index in [0.717, 1.165) is 12.6 Å². The van der Waals surface area contributed by atoms with Crippen molar-refractivity contribution in [2.24, 2.45) is 0 Å². The van der Waals surface area contributed by atoms with E-state index in [1.54, 1.807) is 0 Å². The highest BCUT2D eigenvalue weighted by molar-refractivity contribution is 6.34. The molecule has 0 aromatic heterocycles. The van der Waals surface area contributed by atoms with Crippen molar-refractivity contribution >= 4 is 29.2 Å². The number of amides is 1. The smallest absolute Gasteiger partial charge is 0.328 e. The highest BCUT2D eigenvalue weighted by Gasteiger charge is 2.54. The van der Waals surface area contributed by atoms with Crippen LogP contribution in [-0.4, -0.2) is 69.7 Å². The van der Waals surface area contributed by atoms with Gasteiger partial charge < -0.3 is 14.7 Å². The maximum atomic E-state index is 13.2. The van der Waals surface area contributed by atoms with E-state index in [4.69, 9.17) is 16.3 Å². The first-order valence-electron chi connectivity index (χ1n) is 8.66. The summed E-state index contributed by atoms with van der Waals surface area (Å²) in [4.78, 5) is 38.8. The summed E-state index contributed by atoms with van der Waals surface area (Å²) in [5.41, 5.74) is -1.43. The van der Waals surface area contributed by atoms with Crippen molar-refractivity contribution in [3.8, 4) is 0 Å². The number of halogens is 1. The first-order chi connectivity index (χ1) is 12.8. The van der Waals surface area contributed by atoms with Gasteiger partial charge in [-0.25, -0.2) is 4.79 Å². The summed E-state index contributed by atoms with van der Waals surface area (Å²) < 4.78 is 5.84. The van der Waals surface area contributed by atoms with Crippen molar-refractivity contribution in [2.45, 2.75) is 31.5 Å². The van der Waals surface area contributed by atoms with Crippen LogP contribution in [0, 0.1) is 10.1 Å². The van der Waals surface area contributed by atoms with Gasteiger partial charge in [0.2, 0.25) is 0 Å². The molecule has 1 spiro atoms. The number of nitro groups is 1. The largest absolute Gasteiger partial charge is 0.480 e. The number of hydrogen-bond donors (Lipinski definition) is 1. The van der Waals surface area contributed by atoms with Gasteiger partial charge in [-0.1, -0.05) is 18.5 Å². The van der Waals surface area contributed by atoms with E-state index in [0.29, 0.717) is 25.9 Å². The molecule has 10 heteroatoms. The lowest BCUT2D eigenvalue weighted by molar-refractivity contribution is -0.384. The lowest BCUT2D eigenvalue weighted by atomic mass is 9.96. The molecule has 27 heavy (non-hydrogen) atoms. The average Bonchev–Trinajstić information content (AvgIpc) is 3.01. The standard InChI is InChI=1S/C17H20ClN3O6/c1-2-19-7-5-17(6-8-19)20(14(10-27-17)16(23)24)15(22)12-9-11(21(25)26)3-4-13(12)18/h3-4,9,14H,2,5-8,10H2,1H3,(H,23,24). The Morgan fingerprint density at radius 3 is 2.63 bits per heavy atom. The second kappa shape index (κ2) is 7.41. The number of carbonyl (C=O) groups is 2. The van der Waals surface area contributed by atoms with Crippen LogP contribution in [0.15, 0.2) is 18.2 Å². The first kappa shape index (κ1) is 19.5. The predicted molar refractivity (Wildman–Crippen MR) is 95.7 cm³/mol. The van der Waals surface area contributed by atoms with Gasteiger partial charge in [-0.2, -0.15) is 0 Å². The fraction of sp³-hybridized carbons (Fsp3) is 0.529. The minimum Gasteiger partial charge on any atom is -0.480 e. The monoisotopic (exact) mass is 397 g/mol. The van der Waals surface area contributed by atoms with E-state index in [-0.39, 0.29) is 22.9 Å². The van der Waals surface area contributed by atoms with Crippen molar-refractivity contribution in [1.82, 2.24) is 9.80 Å². The zero-order valence-electron chi connectivity index (χ0n) is 14.8. The van der Waals surface area contributed by atoms with Crippen molar-refractivity contribution in [3.63, 3.8) is 0 Å². The van der Waals surface area contributed by atoms with Gasteiger partial charge in [0.1, 0.15) is 5.72 Å². The van der Waals surface area contributed by atoms with Crippen LogP contribution in [0.3, 0.4) is 0 Å². The summed E-state index contributed by atoms with van der Waals surface area (Å²) in [5.74, 6) is -1.85. The summed E-state index contributed by atoms with van der Waals surface area (Å²) in [6.07, 6.45) is 0.922. The topological polar surface area (TPSA) is 113 Å². The molecule has 3 rings (SSSR count). The Kier molecular flexibility index (Phi) is 5.36. The number of benzene rings is 1. The van der Waals surface area contributed by atoms with E-state index < -0.39 is 28.6 Å². The fourth-order valence-electron chi connectivity index (χ4n) is 3.69. The second-order valence-corrected chi connectivity index (χ2v) is 7.05. The van der Waals surface area contributed by atoms with Gasteiger partial charge in [0, 0.05) is 38.1 Å². The molecule has 1 aromatic rings. The summed E-state index contributed by atoms with van der Waals surface area (Å²) in [5, 5.41) is 20.7.